The SMILES string of the molecule is COc1ncccc1C(=O)N1C(C)CC2CNCC21. The van der Waals surface area contributed by atoms with E-state index in [1.54, 1.807) is 25.4 Å². The van der Waals surface area contributed by atoms with Crippen LogP contribution >= 0.6 is 0 Å². The number of pyridine rings is 1. The predicted octanol–water partition coefficient (Wildman–Crippen LogP) is 0.913. The largest absolute Gasteiger partial charge is 0.480 e. The lowest BCUT2D eigenvalue weighted by atomic mass is 10.0. The maximum Gasteiger partial charge on any atom is 0.259 e. The number of hydrogen-bond donors (Lipinski definition) is 1. The molecule has 2 aliphatic rings. The lowest BCUT2D eigenvalue weighted by Gasteiger charge is -2.28. The van der Waals surface area contributed by atoms with Crippen molar-refractivity contribution >= 4 is 5.91 Å². The summed E-state index contributed by atoms with van der Waals surface area (Å²) in [6.07, 6.45) is 2.72. The van der Waals surface area contributed by atoms with Gasteiger partial charge in [-0.2, -0.15) is 0 Å². The molecule has 5 heteroatoms. The molecule has 0 saturated carbocycles. The summed E-state index contributed by atoms with van der Waals surface area (Å²) in [5.74, 6) is 1.03. The Morgan fingerprint density at radius 3 is 3.16 bits per heavy atom. The second-order valence-electron chi connectivity index (χ2n) is 5.34. The van der Waals surface area contributed by atoms with Crippen LogP contribution < -0.4 is 10.1 Å². The van der Waals surface area contributed by atoms with Crippen molar-refractivity contribution in [2.75, 3.05) is 20.2 Å². The Hall–Kier alpha value is -1.62. The molecule has 0 aromatic carbocycles. The van der Waals surface area contributed by atoms with Crippen molar-refractivity contribution in [3.05, 3.63) is 23.9 Å². The zero-order chi connectivity index (χ0) is 13.4. The molecule has 0 bridgehead atoms. The third-order valence-electron chi connectivity index (χ3n) is 4.21. The number of nitrogens with zero attached hydrogens (tertiary/aromatic N) is 2. The van der Waals surface area contributed by atoms with Gasteiger partial charge in [-0.15, -0.1) is 0 Å². The molecule has 1 aromatic rings. The Morgan fingerprint density at radius 1 is 1.53 bits per heavy atom. The molecule has 2 aliphatic heterocycles. The summed E-state index contributed by atoms with van der Waals surface area (Å²) in [6, 6.07) is 4.17. The monoisotopic (exact) mass is 261 g/mol. The van der Waals surface area contributed by atoms with Gasteiger partial charge in [0.15, 0.2) is 0 Å². The molecular weight excluding hydrogens is 242 g/mol. The van der Waals surface area contributed by atoms with Crippen LogP contribution in [0.4, 0.5) is 0 Å². The molecule has 19 heavy (non-hydrogen) atoms. The van der Waals surface area contributed by atoms with Crippen LogP contribution in [0.5, 0.6) is 5.88 Å². The fourth-order valence-corrected chi connectivity index (χ4v) is 3.37. The molecule has 3 atom stereocenters. The number of carbonyl (C=O) groups excluding carboxylic acids is 1. The van der Waals surface area contributed by atoms with E-state index in [1.807, 2.05) is 4.90 Å². The van der Waals surface area contributed by atoms with E-state index < -0.39 is 0 Å². The minimum absolute atomic E-state index is 0.0358. The van der Waals surface area contributed by atoms with Gasteiger partial charge < -0.3 is 15.0 Å². The van der Waals surface area contributed by atoms with E-state index in [2.05, 4.69) is 17.2 Å². The summed E-state index contributed by atoms with van der Waals surface area (Å²) in [7, 11) is 1.55. The fraction of sp³-hybridized carbons (Fsp3) is 0.571. The molecule has 1 aromatic heterocycles. The van der Waals surface area contributed by atoms with Crippen LogP contribution in [0.25, 0.3) is 0 Å². The topological polar surface area (TPSA) is 54.5 Å². The van der Waals surface area contributed by atoms with E-state index in [-0.39, 0.29) is 11.9 Å². The van der Waals surface area contributed by atoms with Crippen molar-refractivity contribution in [3.8, 4) is 5.88 Å². The fourth-order valence-electron chi connectivity index (χ4n) is 3.37. The molecule has 1 N–H and O–H groups in total. The maximum absolute atomic E-state index is 12.8. The Bertz CT molecular complexity index is 491. The molecule has 3 rings (SSSR count). The van der Waals surface area contributed by atoms with Gasteiger partial charge in [-0.1, -0.05) is 0 Å². The van der Waals surface area contributed by atoms with E-state index in [4.69, 9.17) is 4.74 Å². The first-order chi connectivity index (χ1) is 9.22. The van der Waals surface area contributed by atoms with Crippen LogP contribution in [0.3, 0.4) is 0 Å². The van der Waals surface area contributed by atoms with Gasteiger partial charge in [-0.05, 0) is 31.4 Å². The van der Waals surface area contributed by atoms with Gasteiger partial charge in [0.2, 0.25) is 5.88 Å². The summed E-state index contributed by atoms with van der Waals surface area (Å²) in [5.41, 5.74) is 0.560. The zero-order valence-corrected chi connectivity index (χ0v) is 11.3. The molecule has 102 valence electrons. The first-order valence-corrected chi connectivity index (χ1v) is 6.74. The Morgan fingerprint density at radius 2 is 2.37 bits per heavy atom. The minimum Gasteiger partial charge on any atom is -0.480 e. The molecule has 0 aliphatic carbocycles. The normalized spacial score (nSPS) is 29.4. The van der Waals surface area contributed by atoms with Gasteiger partial charge in [0.1, 0.15) is 5.56 Å². The van der Waals surface area contributed by atoms with E-state index >= 15 is 0 Å². The van der Waals surface area contributed by atoms with Crippen LogP contribution in [0.1, 0.15) is 23.7 Å². The third-order valence-corrected chi connectivity index (χ3v) is 4.21. The highest BCUT2D eigenvalue weighted by molar-refractivity contribution is 5.97. The van der Waals surface area contributed by atoms with E-state index in [9.17, 15) is 4.79 Å². The van der Waals surface area contributed by atoms with Gasteiger partial charge in [0, 0.05) is 31.4 Å². The van der Waals surface area contributed by atoms with E-state index in [0.29, 0.717) is 23.4 Å². The average Bonchev–Trinajstić information content (AvgIpc) is 2.97. The molecule has 0 spiro atoms. The summed E-state index contributed by atoms with van der Waals surface area (Å²) in [4.78, 5) is 18.9. The Balaban J connectivity index is 1.91. The van der Waals surface area contributed by atoms with Gasteiger partial charge in [-0.3, -0.25) is 4.79 Å². The molecular formula is C14H19N3O2. The number of methoxy groups -OCH3 is 1. The van der Waals surface area contributed by atoms with Gasteiger partial charge in [0.05, 0.1) is 7.11 Å². The van der Waals surface area contributed by atoms with Crippen LogP contribution in [0.15, 0.2) is 18.3 Å². The first-order valence-electron chi connectivity index (χ1n) is 6.74. The molecule has 3 heterocycles. The number of nitrogens with one attached hydrogen (secondary N) is 1. The number of carbonyl (C=O) groups is 1. The zero-order valence-electron chi connectivity index (χ0n) is 11.3. The van der Waals surface area contributed by atoms with Gasteiger partial charge in [-0.25, -0.2) is 4.98 Å². The van der Waals surface area contributed by atoms with Crippen LogP contribution in [-0.2, 0) is 0 Å². The molecule has 2 fully saturated rings. The van der Waals surface area contributed by atoms with Gasteiger partial charge >= 0.3 is 0 Å². The Labute approximate surface area is 113 Å². The number of rotatable bonds is 2. The quantitative estimate of drug-likeness (QED) is 0.860. The van der Waals surface area contributed by atoms with E-state index in [1.165, 1.54) is 0 Å². The second kappa shape index (κ2) is 4.81. The molecule has 2 saturated heterocycles. The smallest absolute Gasteiger partial charge is 0.259 e. The lowest BCUT2D eigenvalue weighted by Crippen LogP contribution is -2.42. The third kappa shape index (κ3) is 1.98. The number of ether oxygens (including phenoxy) is 1. The Kier molecular flexibility index (Phi) is 3.14. The highest BCUT2D eigenvalue weighted by atomic mass is 16.5. The minimum atomic E-state index is 0.0358. The summed E-state index contributed by atoms with van der Waals surface area (Å²) in [6.45, 7) is 4.03. The number of hydrogen-bond acceptors (Lipinski definition) is 4. The molecule has 5 nitrogen and oxygen atoms in total. The number of amides is 1. The van der Waals surface area contributed by atoms with Crippen molar-refractivity contribution in [2.45, 2.75) is 25.4 Å². The van der Waals surface area contributed by atoms with Gasteiger partial charge in [0.25, 0.3) is 5.91 Å². The maximum atomic E-state index is 12.8. The highest BCUT2D eigenvalue weighted by Crippen LogP contribution is 2.34. The van der Waals surface area contributed by atoms with Crippen molar-refractivity contribution < 1.29 is 9.53 Å². The highest BCUT2D eigenvalue weighted by Gasteiger charge is 2.44. The first kappa shape index (κ1) is 12.4. The summed E-state index contributed by atoms with van der Waals surface area (Å²) < 4.78 is 5.20. The van der Waals surface area contributed by atoms with E-state index in [0.717, 1.165) is 19.5 Å². The molecule has 0 radical (unpaired) electrons. The number of likely N-dealkylation sites (tertiary alicyclic amines) is 1. The van der Waals surface area contributed by atoms with Crippen LogP contribution in [0.2, 0.25) is 0 Å². The standard InChI is InChI=1S/C14H19N3O2/c1-9-6-10-7-15-8-12(10)17(9)14(18)11-4-3-5-16-13(11)19-2/h3-5,9-10,12,15H,6-8H2,1-2H3. The molecule has 3 unspecified atom stereocenters. The second-order valence-corrected chi connectivity index (χ2v) is 5.34. The number of fused-ring (bicyclic) bond motifs is 1. The van der Waals surface area contributed by atoms with Crippen LogP contribution in [0, 0.1) is 5.92 Å². The van der Waals surface area contributed by atoms with Crippen LogP contribution in [-0.4, -0.2) is 48.1 Å². The lowest BCUT2D eigenvalue weighted by molar-refractivity contribution is 0.0678. The number of aromatic nitrogens is 1. The summed E-state index contributed by atoms with van der Waals surface area (Å²) >= 11 is 0. The van der Waals surface area contributed by atoms with Crippen molar-refractivity contribution in [1.82, 2.24) is 15.2 Å². The summed E-state index contributed by atoms with van der Waals surface area (Å²) in [5, 5.41) is 3.37. The average molecular weight is 261 g/mol. The predicted molar refractivity (Wildman–Crippen MR) is 71.2 cm³/mol. The molecule has 1 amide bonds. The van der Waals surface area contributed by atoms with Crippen molar-refractivity contribution in [3.63, 3.8) is 0 Å². The van der Waals surface area contributed by atoms with Crippen molar-refractivity contribution in [1.29, 1.82) is 0 Å². The van der Waals surface area contributed by atoms with Crippen molar-refractivity contribution in [2.24, 2.45) is 5.92 Å².